The Hall–Kier alpha value is -1.30. The lowest BCUT2D eigenvalue weighted by Crippen LogP contribution is -2.31. The van der Waals surface area contributed by atoms with Crippen LogP contribution in [0.4, 0.5) is 0 Å². The molecule has 2 aromatic heterocycles. The van der Waals surface area contributed by atoms with Crippen LogP contribution in [0.15, 0.2) is 41.1 Å². The van der Waals surface area contributed by atoms with Crippen LogP contribution >= 0.6 is 15.9 Å². The lowest BCUT2D eigenvalue weighted by molar-refractivity contribution is 0.530. The van der Waals surface area contributed by atoms with Gasteiger partial charge in [-0.1, -0.05) is 6.07 Å². The highest BCUT2D eigenvalue weighted by Crippen LogP contribution is 2.18. The lowest BCUT2D eigenvalue weighted by atomic mass is 10.0. The lowest BCUT2D eigenvalue weighted by Gasteiger charge is -2.16. The number of halogens is 1. The number of hydrogen-bond donors (Lipinski definition) is 2. The molecule has 18 heavy (non-hydrogen) atoms. The van der Waals surface area contributed by atoms with Crippen LogP contribution in [-0.4, -0.2) is 9.97 Å². The van der Waals surface area contributed by atoms with Crippen molar-refractivity contribution in [2.45, 2.75) is 19.4 Å². The Morgan fingerprint density at radius 1 is 1.33 bits per heavy atom. The van der Waals surface area contributed by atoms with Gasteiger partial charge in [0.05, 0.1) is 11.7 Å². The van der Waals surface area contributed by atoms with E-state index in [-0.39, 0.29) is 6.04 Å². The second-order valence-corrected chi connectivity index (χ2v) is 5.01. The van der Waals surface area contributed by atoms with Crippen molar-refractivity contribution in [3.8, 4) is 0 Å². The molecule has 0 aromatic carbocycles. The molecule has 4 nitrogen and oxygen atoms in total. The van der Waals surface area contributed by atoms with Crippen LogP contribution in [0.25, 0.3) is 0 Å². The number of aromatic nitrogens is 2. The summed E-state index contributed by atoms with van der Waals surface area (Å²) >= 11 is 3.37. The standard InChI is InChI=1S/C13H15BrN4/c1-9-3-2-6-16-13(9)12(18-15)7-11-5-4-10(14)8-17-11/h2-6,8,12,18H,7,15H2,1H3. The average Bonchev–Trinajstić information content (AvgIpc) is 2.39. The molecular formula is C13H15BrN4. The monoisotopic (exact) mass is 306 g/mol. The Morgan fingerprint density at radius 2 is 2.17 bits per heavy atom. The zero-order valence-corrected chi connectivity index (χ0v) is 11.7. The zero-order chi connectivity index (χ0) is 13.0. The first-order valence-corrected chi connectivity index (χ1v) is 6.48. The third-order valence-electron chi connectivity index (χ3n) is 2.78. The maximum absolute atomic E-state index is 5.62. The highest BCUT2D eigenvalue weighted by atomic mass is 79.9. The molecule has 1 unspecified atom stereocenters. The molecule has 2 rings (SSSR count). The fraction of sp³-hybridized carbons (Fsp3) is 0.231. The summed E-state index contributed by atoms with van der Waals surface area (Å²) < 4.78 is 0.970. The Bertz CT molecular complexity index is 513. The predicted octanol–water partition coefficient (Wildman–Crippen LogP) is 2.29. The molecule has 94 valence electrons. The van der Waals surface area contributed by atoms with Crippen LogP contribution in [0.1, 0.15) is 23.0 Å². The topological polar surface area (TPSA) is 63.8 Å². The van der Waals surface area contributed by atoms with Gasteiger partial charge in [-0.05, 0) is 46.6 Å². The van der Waals surface area contributed by atoms with E-state index < -0.39 is 0 Å². The van der Waals surface area contributed by atoms with Crippen LogP contribution < -0.4 is 11.3 Å². The Morgan fingerprint density at radius 3 is 2.78 bits per heavy atom. The minimum Gasteiger partial charge on any atom is -0.271 e. The smallest absolute Gasteiger partial charge is 0.0690 e. The Balaban J connectivity index is 2.20. The van der Waals surface area contributed by atoms with E-state index in [1.54, 1.807) is 12.4 Å². The molecule has 0 fully saturated rings. The Labute approximate surface area is 115 Å². The van der Waals surface area contributed by atoms with Gasteiger partial charge in [-0.15, -0.1) is 0 Å². The molecule has 1 atom stereocenters. The quantitative estimate of drug-likeness (QED) is 0.672. The van der Waals surface area contributed by atoms with Gasteiger partial charge in [-0.3, -0.25) is 21.2 Å². The molecule has 5 heteroatoms. The highest BCUT2D eigenvalue weighted by molar-refractivity contribution is 9.10. The molecule has 3 N–H and O–H groups in total. The molecule has 0 saturated carbocycles. The summed E-state index contributed by atoms with van der Waals surface area (Å²) in [6.45, 7) is 2.03. The first kappa shape index (κ1) is 13.1. The summed E-state index contributed by atoms with van der Waals surface area (Å²) in [4.78, 5) is 8.73. The summed E-state index contributed by atoms with van der Waals surface area (Å²) in [6, 6.07) is 7.87. The first-order valence-electron chi connectivity index (χ1n) is 5.69. The maximum Gasteiger partial charge on any atom is 0.0690 e. The van der Waals surface area contributed by atoms with Crippen molar-refractivity contribution in [3.63, 3.8) is 0 Å². The zero-order valence-electron chi connectivity index (χ0n) is 10.1. The molecule has 0 amide bonds. The first-order chi connectivity index (χ1) is 8.70. The predicted molar refractivity (Wildman–Crippen MR) is 74.7 cm³/mol. The molecular weight excluding hydrogens is 292 g/mol. The second kappa shape index (κ2) is 6.04. The number of rotatable bonds is 4. The summed E-state index contributed by atoms with van der Waals surface area (Å²) in [5, 5.41) is 0. The number of nitrogens with zero attached hydrogens (tertiary/aromatic N) is 2. The number of aryl methyl sites for hydroxylation is 1. The number of nitrogens with one attached hydrogen (secondary N) is 1. The molecule has 0 spiro atoms. The SMILES string of the molecule is Cc1cccnc1C(Cc1ccc(Br)cn1)NN. The van der Waals surface area contributed by atoms with Crippen molar-refractivity contribution < 1.29 is 0 Å². The van der Waals surface area contributed by atoms with E-state index in [9.17, 15) is 0 Å². The fourth-order valence-electron chi connectivity index (χ4n) is 1.83. The van der Waals surface area contributed by atoms with Gasteiger partial charge in [-0.25, -0.2) is 0 Å². The van der Waals surface area contributed by atoms with Crippen molar-refractivity contribution in [3.05, 3.63) is 58.1 Å². The van der Waals surface area contributed by atoms with Gasteiger partial charge in [0.15, 0.2) is 0 Å². The van der Waals surface area contributed by atoms with Gasteiger partial charge in [-0.2, -0.15) is 0 Å². The summed E-state index contributed by atoms with van der Waals surface area (Å²) in [5.74, 6) is 5.62. The Kier molecular flexibility index (Phi) is 4.41. The van der Waals surface area contributed by atoms with E-state index in [1.165, 1.54) is 0 Å². The van der Waals surface area contributed by atoms with Crippen LogP contribution in [0, 0.1) is 6.92 Å². The summed E-state index contributed by atoms with van der Waals surface area (Å²) in [6.07, 6.45) is 4.28. The van der Waals surface area contributed by atoms with Crippen LogP contribution in [0.5, 0.6) is 0 Å². The van der Waals surface area contributed by atoms with E-state index >= 15 is 0 Å². The second-order valence-electron chi connectivity index (χ2n) is 4.10. The molecule has 0 bridgehead atoms. The largest absolute Gasteiger partial charge is 0.271 e. The van der Waals surface area contributed by atoms with Gasteiger partial charge in [0, 0.05) is 29.0 Å². The highest BCUT2D eigenvalue weighted by Gasteiger charge is 2.14. The van der Waals surface area contributed by atoms with Crippen LogP contribution in [0.3, 0.4) is 0 Å². The van der Waals surface area contributed by atoms with Crippen molar-refractivity contribution in [1.82, 2.24) is 15.4 Å². The van der Waals surface area contributed by atoms with Crippen molar-refractivity contribution in [2.24, 2.45) is 5.84 Å². The minimum atomic E-state index is -0.0279. The van der Waals surface area contributed by atoms with Crippen LogP contribution in [-0.2, 0) is 6.42 Å². The van der Waals surface area contributed by atoms with Gasteiger partial charge < -0.3 is 0 Å². The number of hydrazine groups is 1. The van der Waals surface area contributed by atoms with Crippen molar-refractivity contribution >= 4 is 15.9 Å². The van der Waals surface area contributed by atoms with E-state index in [0.29, 0.717) is 6.42 Å². The van der Waals surface area contributed by atoms with E-state index in [1.807, 2.05) is 31.2 Å². The van der Waals surface area contributed by atoms with Gasteiger partial charge in [0.1, 0.15) is 0 Å². The van der Waals surface area contributed by atoms with Gasteiger partial charge in [0.25, 0.3) is 0 Å². The molecule has 2 aromatic rings. The number of nitrogens with two attached hydrogens (primary N) is 1. The summed E-state index contributed by atoms with van der Waals surface area (Å²) in [7, 11) is 0. The van der Waals surface area contributed by atoms with E-state index in [2.05, 4.69) is 31.3 Å². The maximum atomic E-state index is 5.62. The third kappa shape index (κ3) is 3.13. The normalized spacial score (nSPS) is 12.4. The molecule has 0 aliphatic carbocycles. The number of pyridine rings is 2. The summed E-state index contributed by atoms with van der Waals surface area (Å²) in [5.41, 5.74) is 5.87. The minimum absolute atomic E-state index is 0.0279. The molecule has 2 heterocycles. The molecule has 0 aliphatic rings. The van der Waals surface area contributed by atoms with Gasteiger partial charge in [0.2, 0.25) is 0 Å². The van der Waals surface area contributed by atoms with Crippen molar-refractivity contribution in [2.75, 3.05) is 0 Å². The fourth-order valence-corrected chi connectivity index (χ4v) is 2.07. The van der Waals surface area contributed by atoms with E-state index in [0.717, 1.165) is 21.4 Å². The third-order valence-corrected chi connectivity index (χ3v) is 3.25. The van der Waals surface area contributed by atoms with Crippen LogP contribution in [0.2, 0.25) is 0 Å². The van der Waals surface area contributed by atoms with Crippen molar-refractivity contribution in [1.29, 1.82) is 0 Å². The number of hydrogen-bond acceptors (Lipinski definition) is 4. The molecule has 0 aliphatic heterocycles. The van der Waals surface area contributed by atoms with Gasteiger partial charge >= 0.3 is 0 Å². The molecule has 0 saturated heterocycles. The average molecular weight is 307 g/mol. The van der Waals surface area contributed by atoms with E-state index in [4.69, 9.17) is 5.84 Å². The molecule has 0 radical (unpaired) electrons.